The van der Waals surface area contributed by atoms with Crippen LogP contribution in [0.4, 0.5) is 11.6 Å². The van der Waals surface area contributed by atoms with Crippen molar-refractivity contribution in [2.24, 2.45) is 0 Å². The highest BCUT2D eigenvalue weighted by atomic mass is 35.5. The molecule has 3 aromatic rings. The molecule has 0 amide bonds. The van der Waals surface area contributed by atoms with Crippen molar-refractivity contribution in [2.75, 3.05) is 18.4 Å². The molecule has 0 radical (unpaired) electrons. The molecule has 3 heterocycles. The third kappa shape index (κ3) is 4.84. The Kier molecular flexibility index (Phi) is 6.08. The Morgan fingerprint density at radius 1 is 1.00 bits per heavy atom. The molecule has 142 valence electrons. The van der Waals surface area contributed by atoms with Gasteiger partial charge in [0.05, 0.1) is 0 Å². The molecule has 1 fully saturated rings. The number of hydrogen-bond donors (Lipinski definition) is 2. The first-order valence-electron chi connectivity index (χ1n) is 9.02. The highest BCUT2D eigenvalue weighted by Crippen LogP contribution is 2.25. The molecule has 27 heavy (non-hydrogen) atoms. The molecule has 4 rings (SSSR count). The zero-order chi connectivity index (χ0) is 17.9. The molecule has 0 spiro atoms. The summed E-state index contributed by atoms with van der Waals surface area (Å²) < 4.78 is 6.15. The maximum absolute atomic E-state index is 6.15. The van der Waals surface area contributed by atoms with E-state index in [4.69, 9.17) is 4.74 Å². The molecule has 0 unspecified atom stereocenters. The summed E-state index contributed by atoms with van der Waals surface area (Å²) in [5.74, 6) is 3.17. The number of piperidine rings is 1. The molecule has 0 bridgehead atoms. The van der Waals surface area contributed by atoms with Crippen molar-refractivity contribution in [3.05, 3.63) is 48.0 Å². The van der Waals surface area contributed by atoms with Gasteiger partial charge in [0.2, 0.25) is 0 Å². The summed E-state index contributed by atoms with van der Waals surface area (Å²) in [4.78, 5) is 13.2. The van der Waals surface area contributed by atoms with Gasteiger partial charge in [-0.3, -0.25) is 0 Å². The summed E-state index contributed by atoms with van der Waals surface area (Å²) in [7, 11) is 0. The second kappa shape index (κ2) is 8.50. The van der Waals surface area contributed by atoms with Crippen molar-refractivity contribution in [1.29, 1.82) is 0 Å². The van der Waals surface area contributed by atoms with E-state index < -0.39 is 0 Å². The summed E-state index contributed by atoms with van der Waals surface area (Å²) in [5.41, 5.74) is 0.929. The van der Waals surface area contributed by atoms with Gasteiger partial charge >= 0.3 is 0 Å². The Morgan fingerprint density at radius 3 is 2.59 bits per heavy atom. The van der Waals surface area contributed by atoms with Crippen LogP contribution in [-0.2, 0) is 0 Å². The number of aryl methyl sites for hydroxylation is 2. The quantitative estimate of drug-likeness (QED) is 0.708. The van der Waals surface area contributed by atoms with Crippen LogP contribution in [0.3, 0.4) is 0 Å². The standard InChI is InChI=1S/C20H23N5O.ClH/c1-13-9-20(24-14(2)23-13)25-19-11-16-10-18(4-3-15(16)12-22-19)26-17-5-7-21-8-6-17;/h3-4,9-12,17,21H,5-8H2,1-2H3,(H,22,23,24,25);1H. The molecular weight excluding hydrogens is 362 g/mol. The Hall–Kier alpha value is -2.44. The minimum absolute atomic E-state index is 0. The van der Waals surface area contributed by atoms with E-state index in [1.165, 1.54) is 0 Å². The fraction of sp³-hybridized carbons (Fsp3) is 0.350. The van der Waals surface area contributed by atoms with Gasteiger partial charge in [-0.2, -0.15) is 0 Å². The number of hydrogen-bond acceptors (Lipinski definition) is 6. The maximum Gasteiger partial charge on any atom is 0.135 e. The van der Waals surface area contributed by atoms with Gasteiger partial charge < -0.3 is 15.4 Å². The lowest BCUT2D eigenvalue weighted by Gasteiger charge is -2.24. The van der Waals surface area contributed by atoms with Crippen molar-refractivity contribution in [3.63, 3.8) is 0 Å². The van der Waals surface area contributed by atoms with Gasteiger partial charge in [0.15, 0.2) is 0 Å². The van der Waals surface area contributed by atoms with Crippen molar-refractivity contribution in [1.82, 2.24) is 20.3 Å². The summed E-state index contributed by atoms with van der Waals surface area (Å²) in [6.45, 7) is 5.89. The molecule has 1 aromatic carbocycles. The molecule has 1 aliphatic heterocycles. The van der Waals surface area contributed by atoms with Gasteiger partial charge in [-0.05, 0) is 69.4 Å². The smallest absolute Gasteiger partial charge is 0.135 e. The maximum atomic E-state index is 6.15. The summed E-state index contributed by atoms with van der Waals surface area (Å²) in [6.07, 6.45) is 4.26. The first kappa shape index (κ1) is 19.3. The van der Waals surface area contributed by atoms with Crippen LogP contribution in [0.25, 0.3) is 10.8 Å². The van der Waals surface area contributed by atoms with E-state index >= 15 is 0 Å². The van der Waals surface area contributed by atoms with Gasteiger partial charge in [0, 0.05) is 23.3 Å². The molecule has 6 nitrogen and oxygen atoms in total. The predicted molar refractivity (Wildman–Crippen MR) is 110 cm³/mol. The van der Waals surface area contributed by atoms with Crippen molar-refractivity contribution in [2.45, 2.75) is 32.8 Å². The molecule has 1 aliphatic rings. The molecule has 0 saturated carbocycles. The van der Waals surface area contributed by atoms with Crippen molar-refractivity contribution < 1.29 is 4.74 Å². The fourth-order valence-electron chi connectivity index (χ4n) is 3.28. The lowest BCUT2D eigenvalue weighted by Crippen LogP contribution is -2.34. The second-order valence-corrected chi connectivity index (χ2v) is 6.71. The molecule has 7 heteroatoms. The monoisotopic (exact) mass is 385 g/mol. The lowest BCUT2D eigenvalue weighted by molar-refractivity contribution is 0.162. The van der Waals surface area contributed by atoms with E-state index in [2.05, 4.69) is 37.7 Å². The van der Waals surface area contributed by atoms with Crippen LogP contribution in [0.5, 0.6) is 5.75 Å². The van der Waals surface area contributed by atoms with Crippen LogP contribution in [0.1, 0.15) is 24.4 Å². The number of pyridine rings is 1. The third-order valence-corrected chi connectivity index (χ3v) is 4.50. The summed E-state index contributed by atoms with van der Waals surface area (Å²) >= 11 is 0. The van der Waals surface area contributed by atoms with E-state index in [0.29, 0.717) is 6.10 Å². The van der Waals surface area contributed by atoms with Crippen LogP contribution in [0, 0.1) is 13.8 Å². The number of halogens is 1. The number of aromatic nitrogens is 3. The predicted octanol–water partition coefficient (Wildman–Crippen LogP) is 3.94. The zero-order valence-corrected chi connectivity index (χ0v) is 16.3. The van der Waals surface area contributed by atoms with E-state index in [1.54, 1.807) is 0 Å². The largest absolute Gasteiger partial charge is 0.490 e. The molecular formula is C20H24ClN5O. The van der Waals surface area contributed by atoms with Gasteiger partial charge in [0.1, 0.15) is 29.3 Å². The van der Waals surface area contributed by atoms with Gasteiger partial charge in [-0.25, -0.2) is 15.0 Å². The highest BCUT2D eigenvalue weighted by Gasteiger charge is 2.14. The van der Waals surface area contributed by atoms with Crippen LogP contribution >= 0.6 is 12.4 Å². The van der Waals surface area contributed by atoms with Gasteiger partial charge in [-0.15, -0.1) is 12.4 Å². The Bertz CT molecular complexity index is 907. The second-order valence-electron chi connectivity index (χ2n) is 6.71. The average Bonchev–Trinajstić information content (AvgIpc) is 2.61. The number of ether oxygens (including phenoxy) is 1. The zero-order valence-electron chi connectivity index (χ0n) is 15.5. The lowest BCUT2D eigenvalue weighted by atomic mass is 10.1. The van der Waals surface area contributed by atoms with Gasteiger partial charge in [-0.1, -0.05) is 0 Å². The minimum Gasteiger partial charge on any atom is -0.490 e. The highest BCUT2D eigenvalue weighted by molar-refractivity contribution is 5.86. The average molecular weight is 386 g/mol. The topological polar surface area (TPSA) is 72.0 Å². The van der Waals surface area contributed by atoms with Gasteiger partial charge in [0.25, 0.3) is 0 Å². The number of benzene rings is 1. The number of anilines is 2. The first-order valence-corrected chi connectivity index (χ1v) is 9.02. The molecule has 1 saturated heterocycles. The summed E-state index contributed by atoms with van der Waals surface area (Å²) in [6, 6.07) is 10.1. The van der Waals surface area contributed by atoms with Crippen molar-refractivity contribution >= 4 is 34.8 Å². The minimum atomic E-state index is 0. The van der Waals surface area contributed by atoms with E-state index in [9.17, 15) is 0 Å². The fourth-order valence-corrected chi connectivity index (χ4v) is 3.28. The molecule has 0 aliphatic carbocycles. The number of fused-ring (bicyclic) bond motifs is 1. The molecule has 2 aromatic heterocycles. The van der Waals surface area contributed by atoms with Crippen LogP contribution in [0.15, 0.2) is 36.5 Å². The number of nitrogens with one attached hydrogen (secondary N) is 2. The van der Waals surface area contributed by atoms with Crippen LogP contribution < -0.4 is 15.4 Å². The van der Waals surface area contributed by atoms with E-state index in [-0.39, 0.29) is 12.4 Å². The molecule has 0 atom stereocenters. The Labute approximate surface area is 165 Å². The SMILES string of the molecule is Cc1cc(Nc2cc3cc(OC4CCNCC4)ccc3cn2)nc(C)n1.Cl. The van der Waals surface area contributed by atoms with E-state index in [0.717, 1.165) is 65.6 Å². The first-order chi connectivity index (χ1) is 12.7. The Balaban J connectivity index is 0.00000210. The molecule has 2 N–H and O–H groups in total. The van der Waals surface area contributed by atoms with Crippen LogP contribution in [0.2, 0.25) is 0 Å². The number of nitrogens with zero attached hydrogens (tertiary/aromatic N) is 3. The normalized spacial score (nSPS) is 14.6. The van der Waals surface area contributed by atoms with Crippen molar-refractivity contribution in [3.8, 4) is 5.75 Å². The summed E-state index contributed by atoms with van der Waals surface area (Å²) in [5, 5.41) is 8.81. The van der Waals surface area contributed by atoms with E-state index in [1.807, 2.05) is 38.2 Å². The number of rotatable bonds is 4. The van der Waals surface area contributed by atoms with Crippen LogP contribution in [-0.4, -0.2) is 34.1 Å². The Morgan fingerprint density at radius 2 is 1.81 bits per heavy atom. The third-order valence-electron chi connectivity index (χ3n) is 4.50.